The van der Waals surface area contributed by atoms with Crippen molar-refractivity contribution < 1.29 is 18.0 Å². The zero-order valence-electron chi connectivity index (χ0n) is 8.23. The van der Waals surface area contributed by atoms with Crippen molar-refractivity contribution in [1.29, 1.82) is 0 Å². The second kappa shape index (κ2) is 3.48. The fourth-order valence-corrected chi connectivity index (χ4v) is 2.31. The molecule has 1 heterocycles. The summed E-state index contributed by atoms with van der Waals surface area (Å²) in [6.07, 6.45) is -4.43. The third kappa shape index (κ3) is 1.71. The molecule has 0 atom stereocenters. The Morgan fingerprint density at radius 1 is 1.38 bits per heavy atom. The van der Waals surface area contributed by atoms with E-state index in [2.05, 4.69) is 15.9 Å². The van der Waals surface area contributed by atoms with Gasteiger partial charge in [-0.25, -0.2) is 0 Å². The molecule has 2 rings (SSSR count). The zero-order valence-corrected chi connectivity index (χ0v) is 9.82. The molecule has 0 saturated carbocycles. The Kier molecular flexibility index (Phi) is 2.49. The van der Waals surface area contributed by atoms with Crippen molar-refractivity contribution >= 4 is 27.5 Å². The fraction of sp³-hybridized carbons (Fsp3) is 0.300. The monoisotopic (exact) mass is 293 g/mol. The number of nitrogens with zero attached hydrogens (tertiary/aromatic N) is 1. The molecule has 0 saturated heterocycles. The summed E-state index contributed by atoms with van der Waals surface area (Å²) in [5.41, 5.74) is -0.389. The largest absolute Gasteiger partial charge is 0.418 e. The van der Waals surface area contributed by atoms with Gasteiger partial charge >= 0.3 is 6.18 Å². The fourth-order valence-electron chi connectivity index (χ4n) is 1.81. The summed E-state index contributed by atoms with van der Waals surface area (Å²) in [7, 11) is 1.36. The lowest BCUT2D eigenvalue weighted by atomic mass is 10.1. The molecule has 0 bridgehead atoms. The second-order valence-corrected chi connectivity index (χ2v) is 4.50. The smallest absolute Gasteiger partial charge is 0.314 e. The molecular weight excluding hydrogens is 287 g/mol. The van der Waals surface area contributed by atoms with Crippen LogP contribution >= 0.6 is 15.9 Å². The van der Waals surface area contributed by atoms with Crippen LogP contribution in [-0.4, -0.2) is 13.0 Å². The van der Waals surface area contributed by atoms with Crippen molar-refractivity contribution in [3.05, 3.63) is 27.7 Å². The van der Waals surface area contributed by atoms with Crippen LogP contribution in [0.3, 0.4) is 0 Å². The molecule has 0 aliphatic carbocycles. The summed E-state index contributed by atoms with van der Waals surface area (Å²) in [5, 5.41) is 0. The van der Waals surface area contributed by atoms with Gasteiger partial charge in [-0.05, 0) is 17.7 Å². The minimum atomic E-state index is -4.45. The first kappa shape index (κ1) is 11.4. The highest BCUT2D eigenvalue weighted by Gasteiger charge is 2.39. The number of rotatable bonds is 0. The van der Waals surface area contributed by atoms with Crippen molar-refractivity contribution in [3.63, 3.8) is 0 Å². The Balaban J connectivity index is 2.68. The third-order valence-corrected chi connectivity index (χ3v) is 2.97. The van der Waals surface area contributed by atoms with Gasteiger partial charge in [0.1, 0.15) is 0 Å². The summed E-state index contributed by atoms with van der Waals surface area (Å²) in [4.78, 5) is 12.4. The Labute approximate surface area is 98.2 Å². The van der Waals surface area contributed by atoms with Gasteiger partial charge in [-0.15, -0.1) is 0 Å². The standard InChI is InChI=1S/C10H7BrF3NO/c1-15-8(16)3-5-2-6(11)4-7(9(5)15)10(12,13)14/h2,4H,3H2,1H3. The lowest BCUT2D eigenvalue weighted by Gasteiger charge is -2.17. The molecule has 2 nitrogen and oxygen atoms in total. The number of fused-ring (bicyclic) bond motifs is 1. The minimum absolute atomic E-state index is 0.0222. The number of carbonyl (C=O) groups excluding carboxylic acids is 1. The zero-order chi connectivity index (χ0) is 12.1. The number of hydrogen-bond donors (Lipinski definition) is 0. The van der Waals surface area contributed by atoms with E-state index in [1.54, 1.807) is 6.07 Å². The lowest BCUT2D eigenvalue weighted by Crippen LogP contribution is -2.23. The molecule has 1 amide bonds. The predicted octanol–water partition coefficient (Wildman–Crippen LogP) is 2.99. The van der Waals surface area contributed by atoms with Gasteiger partial charge in [0, 0.05) is 11.5 Å². The number of likely N-dealkylation sites (N-methyl/N-ethyl adjacent to an activating group) is 1. The van der Waals surface area contributed by atoms with Crippen LogP contribution in [-0.2, 0) is 17.4 Å². The molecule has 0 fully saturated rings. The maximum atomic E-state index is 12.8. The Bertz CT molecular complexity index is 470. The number of alkyl halides is 3. The quantitative estimate of drug-likeness (QED) is 0.720. The summed E-state index contributed by atoms with van der Waals surface area (Å²) in [5.74, 6) is -0.321. The van der Waals surface area contributed by atoms with E-state index in [0.29, 0.717) is 10.0 Å². The van der Waals surface area contributed by atoms with Crippen LogP contribution in [0.25, 0.3) is 0 Å². The molecule has 0 unspecified atom stereocenters. The van der Waals surface area contributed by atoms with E-state index < -0.39 is 11.7 Å². The van der Waals surface area contributed by atoms with E-state index in [-0.39, 0.29) is 18.0 Å². The first-order valence-corrected chi connectivity index (χ1v) is 5.26. The van der Waals surface area contributed by atoms with E-state index in [9.17, 15) is 18.0 Å². The van der Waals surface area contributed by atoms with Crippen molar-refractivity contribution in [2.45, 2.75) is 12.6 Å². The summed E-state index contributed by atoms with van der Waals surface area (Å²) >= 11 is 3.02. The van der Waals surface area contributed by atoms with E-state index in [0.717, 1.165) is 11.0 Å². The van der Waals surface area contributed by atoms with Gasteiger partial charge in [0.05, 0.1) is 17.7 Å². The van der Waals surface area contributed by atoms with Crippen LogP contribution in [0.15, 0.2) is 16.6 Å². The maximum Gasteiger partial charge on any atom is 0.418 e. The van der Waals surface area contributed by atoms with E-state index >= 15 is 0 Å². The number of benzene rings is 1. The van der Waals surface area contributed by atoms with E-state index in [1.807, 2.05) is 0 Å². The number of halogens is 4. The van der Waals surface area contributed by atoms with Crippen LogP contribution < -0.4 is 4.90 Å². The Morgan fingerprint density at radius 2 is 2.00 bits per heavy atom. The van der Waals surface area contributed by atoms with Gasteiger partial charge < -0.3 is 4.90 Å². The summed E-state index contributed by atoms with van der Waals surface area (Å²) in [6, 6.07) is 2.54. The number of amides is 1. The van der Waals surface area contributed by atoms with E-state index in [1.165, 1.54) is 7.05 Å². The Hall–Kier alpha value is -1.04. The number of anilines is 1. The average molecular weight is 294 g/mol. The molecule has 0 N–H and O–H groups in total. The Morgan fingerprint density at radius 3 is 2.56 bits per heavy atom. The van der Waals surface area contributed by atoms with Gasteiger partial charge in [-0.3, -0.25) is 4.79 Å². The van der Waals surface area contributed by atoms with Crippen molar-refractivity contribution in [2.75, 3.05) is 11.9 Å². The molecule has 1 aromatic rings. The number of carbonyl (C=O) groups is 1. The second-order valence-electron chi connectivity index (χ2n) is 3.59. The van der Waals surface area contributed by atoms with Gasteiger partial charge in [0.25, 0.3) is 0 Å². The SMILES string of the molecule is CN1C(=O)Cc2cc(Br)cc(C(F)(F)F)c21. The molecule has 0 aromatic heterocycles. The highest BCUT2D eigenvalue weighted by Crippen LogP contribution is 2.42. The summed E-state index contributed by atoms with van der Waals surface area (Å²) < 4.78 is 38.6. The van der Waals surface area contributed by atoms with Crippen molar-refractivity contribution in [3.8, 4) is 0 Å². The van der Waals surface area contributed by atoms with Crippen molar-refractivity contribution in [1.82, 2.24) is 0 Å². The first-order chi connectivity index (χ1) is 7.30. The number of hydrogen-bond acceptors (Lipinski definition) is 1. The van der Waals surface area contributed by atoms with Gasteiger partial charge in [0.15, 0.2) is 0 Å². The van der Waals surface area contributed by atoms with Gasteiger partial charge in [-0.2, -0.15) is 13.2 Å². The molecule has 0 radical (unpaired) electrons. The average Bonchev–Trinajstić information content (AvgIpc) is 2.39. The minimum Gasteiger partial charge on any atom is -0.314 e. The molecule has 6 heteroatoms. The molecule has 0 spiro atoms. The molecular formula is C10H7BrF3NO. The lowest BCUT2D eigenvalue weighted by molar-refractivity contribution is -0.137. The van der Waals surface area contributed by atoms with E-state index in [4.69, 9.17) is 0 Å². The highest BCUT2D eigenvalue weighted by molar-refractivity contribution is 9.10. The van der Waals surface area contributed by atoms with Gasteiger partial charge in [-0.1, -0.05) is 15.9 Å². The summed E-state index contributed by atoms with van der Waals surface area (Å²) in [6.45, 7) is 0. The molecule has 16 heavy (non-hydrogen) atoms. The normalized spacial score (nSPS) is 15.6. The molecule has 1 aromatic carbocycles. The van der Waals surface area contributed by atoms with Crippen LogP contribution in [0.5, 0.6) is 0 Å². The van der Waals surface area contributed by atoms with Crippen LogP contribution in [0, 0.1) is 0 Å². The topological polar surface area (TPSA) is 20.3 Å². The maximum absolute atomic E-state index is 12.8. The predicted molar refractivity (Wildman–Crippen MR) is 56.3 cm³/mol. The van der Waals surface area contributed by atoms with Gasteiger partial charge in [0.2, 0.25) is 5.91 Å². The van der Waals surface area contributed by atoms with Crippen LogP contribution in [0.2, 0.25) is 0 Å². The molecule has 86 valence electrons. The van der Waals surface area contributed by atoms with Crippen molar-refractivity contribution in [2.24, 2.45) is 0 Å². The first-order valence-electron chi connectivity index (χ1n) is 4.47. The highest BCUT2D eigenvalue weighted by atomic mass is 79.9. The van der Waals surface area contributed by atoms with Crippen LogP contribution in [0.4, 0.5) is 18.9 Å². The molecule has 1 aliphatic rings. The van der Waals surface area contributed by atoms with Crippen LogP contribution in [0.1, 0.15) is 11.1 Å². The molecule has 1 aliphatic heterocycles. The third-order valence-electron chi connectivity index (χ3n) is 2.51.